The lowest BCUT2D eigenvalue weighted by Crippen LogP contribution is -2.50. The van der Waals surface area contributed by atoms with Crippen LogP contribution in [0.1, 0.15) is 38.5 Å². The third kappa shape index (κ3) is 5.03. The summed E-state index contributed by atoms with van der Waals surface area (Å²) in [5.41, 5.74) is 4.92. The smallest absolute Gasteiger partial charge is 0.326 e. The molecule has 1 saturated carbocycles. The van der Waals surface area contributed by atoms with Crippen LogP contribution in [-0.4, -0.2) is 35.1 Å². The first-order valence-electron chi connectivity index (χ1n) is 6.07. The minimum atomic E-state index is -1.27. The lowest BCUT2D eigenvalue weighted by Gasteiger charge is -2.23. The van der Waals surface area contributed by atoms with E-state index in [0.717, 1.165) is 25.7 Å². The predicted octanol–water partition coefficient (Wildman–Crippen LogP) is -0.0531. The van der Waals surface area contributed by atoms with E-state index < -0.39 is 30.4 Å². The summed E-state index contributed by atoms with van der Waals surface area (Å²) in [6.07, 6.45) is 4.69. The fraction of sp³-hybridized carbons (Fsp3) is 0.727. The number of aliphatic carboxylic acids is 1. The molecular formula is C11H19N3O4. The summed E-state index contributed by atoms with van der Waals surface area (Å²) in [6, 6.07) is -1.75. The van der Waals surface area contributed by atoms with E-state index in [-0.39, 0.29) is 6.04 Å². The second kappa shape index (κ2) is 6.83. The molecule has 18 heavy (non-hydrogen) atoms. The van der Waals surface area contributed by atoms with Crippen molar-refractivity contribution in [1.82, 2.24) is 10.6 Å². The van der Waals surface area contributed by atoms with Crippen LogP contribution in [0.5, 0.6) is 0 Å². The van der Waals surface area contributed by atoms with Gasteiger partial charge in [-0.25, -0.2) is 9.59 Å². The van der Waals surface area contributed by atoms with Crippen molar-refractivity contribution in [1.29, 1.82) is 0 Å². The van der Waals surface area contributed by atoms with Crippen LogP contribution in [0.25, 0.3) is 0 Å². The number of amides is 3. The molecule has 0 aromatic carbocycles. The number of carbonyl (C=O) groups is 3. The largest absolute Gasteiger partial charge is 0.480 e. The van der Waals surface area contributed by atoms with Gasteiger partial charge in [-0.2, -0.15) is 0 Å². The van der Waals surface area contributed by atoms with Crippen LogP contribution in [0.2, 0.25) is 0 Å². The van der Waals surface area contributed by atoms with Gasteiger partial charge in [0.05, 0.1) is 6.42 Å². The second-order valence-corrected chi connectivity index (χ2v) is 4.51. The van der Waals surface area contributed by atoms with Crippen molar-refractivity contribution in [3.05, 3.63) is 0 Å². The summed E-state index contributed by atoms with van der Waals surface area (Å²) in [5, 5.41) is 13.8. The Morgan fingerprint density at radius 3 is 2.33 bits per heavy atom. The first kappa shape index (κ1) is 14.3. The van der Waals surface area contributed by atoms with Crippen LogP contribution in [-0.2, 0) is 9.59 Å². The minimum Gasteiger partial charge on any atom is -0.480 e. The Kier molecular flexibility index (Phi) is 5.41. The van der Waals surface area contributed by atoms with E-state index in [9.17, 15) is 14.4 Å². The quantitative estimate of drug-likeness (QED) is 0.551. The predicted molar refractivity (Wildman–Crippen MR) is 63.8 cm³/mol. The average molecular weight is 257 g/mol. The molecule has 7 heteroatoms. The Morgan fingerprint density at radius 2 is 1.83 bits per heavy atom. The Morgan fingerprint density at radius 1 is 1.22 bits per heavy atom. The zero-order valence-electron chi connectivity index (χ0n) is 10.1. The van der Waals surface area contributed by atoms with Crippen LogP contribution < -0.4 is 16.4 Å². The van der Waals surface area contributed by atoms with E-state index in [1.807, 2.05) is 0 Å². The van der Waals surface area contributed by atoms with Crippen molar-refractivity contribution in [3.63, 3.8) is 0 Å². The van der Waals surface area contributed by atoms with Gasteiger partial charge in [0.2, 0.25) is 5.91 Å². The Balaban J connectivity index is 2.40. The van der Waals surface area contributed by atoms with E-state index in [2.05, 4.69) is 10.6 Å². The molecule has 0 saturated heterocycles. The van der Waals surface area contributed by atoms with E-state index in [1.165, 1.54) is 6.42 Å². The van der Waals surface area contributed by atoms with Crippen LogP contribution in [0.4, 0.5) is 4.79 Å². The number of carboxylic acids is 1. The first-order valence-corrected chi connectivity index (χ1v) is 6.07. The highest BCUT2D eigenvalue weighted by Crippen LogP contribution is 2.17. The summed E-state index contributed by atoms with van der Waals surface area (Å²) < 4.78 is 0. The van der Waals surface area contributed by atoms with Gasteiger partial charge in [-0.3, -0.25) is 4.79 Å². The van der Waals surface area contributed by atoms with Crippen molar-refractivity contribution in [2.45, 2.75) is 50.6 Å². The third-order valence-electron chi connectivity index (χ3n) is 2.95. The number of carbonyl (C=O) groups excluding carboxylic acids is 2. The molecule has 3 amide bonds. The number of hydrogen-bond acceptors (Lipinski definition) is 3. The van der Waals surface area contributed by atoms with Gasteiger partial charge in [0.15, 0.2) is 0 Å². The number of urea groups is 1. The molecule has 1 aliphatic carbocycles. The molecule has 7 nitrogen and oxygen atoms in total. The van der Waals surface area contributed by atoms with Crippen molar-refractivity contribution < 1.29 is 19.5 Å². The maximum absolute atomic E-state index is 11.6. The van der Waals surface area contributed by atoms with Gasteiger partial charge in [0.1, 0.15) is 6.04 Å². The monoisotopic (exact) mass is 257 g/mol. The summed E-state index contributed by atoms with van der Waals surface area (Å²) in [7, 11) is 0. The molecular weight excluding hydrogens is 238 g/mol. The molecule has 0 spiro atoms. The molecule has 1 aliphatic rings. The Bertz CT molecular complexity index is 326. The van der Waals surface area contributed by atoms with Gasteiger partial charge in [-0.15, -0.1) is 0 Å². The lowest BCUT2D eigenvalue weighted by atomic mass is 9.96. The Hall–Kier alpha value is -1.79. The number of nitrogens with two attached hydrogens (primary N) is 1. The Labute approximate surface area is 105 Å². The van der Waals surface area contributed by atoms with E-state index >= 15 is 0 Å². The fourth-order valence-electron chi connectivity index (χ4n) is 2.03. The van der Waals surface area contributed by atoms with E-state index in [1.54, 1.807) is 0 Å². The van der Waals surface area contributed by atoms with Gasteiger partial charge in [0.25, 0.3) is 0 Å². The van der Waals surface area contributed by atoms with Crippen molar-refractivity contribution in [2.75, 3.05) is 0 Å². The van der Waals surface area contributed by atoms with Gasteiger partial charge in [0, 0.05) is 6.04 Å². The molecule has 0 aliphatic heterocycles. The first-order chi connectivity index (χ1) is 8.49. The van der Waals surface area contributed by atoms with Gasteiger partial charge in [-0.05, 0) is 12.8 Å². The number of hydrogen-bond donors (Lipinski definition) is 4. The summed E-state index contributed by atoms with van der Waals surface area (Å²) in [4.78, 5) is 33.1. The minimum absolute atomic E-state index is 0.0850. The average Bonchev–Trinajstić information content (AvgIpc) is 2.28. The lowest BCUT2D eigenvalue weighted by molar-refractivity contribution is -0.140. The summed E-state index contributed by atoms with van der Waals surface area (Å²) >= 11 is 0. The molecule has 1 fully saturated rings. The maximum Gasteiger partial charge on any atom is 0.326 e. The van der Waals surface area contributed by atoms with Crippen molar-refractivity contribution in [3.8, 4) is 0 Å². The molecule has 0 heterocycles. The number of rotatable bonds is 5. The molecule has 0 radical (unpaired) electrons. The highest BCUT2D eigenvalue weighted by molar-refractivity contribution is 5.87. The van der Waals surface area contributed by atoms with Crippen LogP contribution >= 0.6 is 0 Å². The maximum atomic E-state index is 11.6. The van der Waals surface area contributed by atoms with Gasteiger partial charge >= 0.3 is 12.0 Å². The summed E-state index contributed by atoms with van der Waals surface area (Å²) in [6.45, 7) is 0. The van der Waals surface area contributed by atoms with E-state index in [4.69, 9.17) is 10.8 Å². The third-order valence-corrected chi connectivity index (χ3v) is 2.95. The van der Waals surface area contributed by atoms with Gasteiger partial charge < -0.3 is 21.5 Å². The van der Waals surface area contributed by atoms with Crippen LogP contribution in [0.15, 0.2) is 0 Å². The van der Waals surface area contributed by atoms with Crippen LogP contribution in [0, 0.1) is 0 Å². The number of carboxylic acid groups (broad SMARTS) is 1. The van der Waals surface area contributed by atoms with Crippen molar-refractivity contribution >= 4 is 17.9 Å². The SMILES string of the molecule is NC(=O)CC(NC(=O)NC1CCCCC1)C(=O)O. The highest BCUT2D eigenvalue weighted by atomic mass is 16.4. The molecule has 0 aromatic heterocycles. The fourth-order valence-corrected chi connectivity index (χ4v) is 2.03. The standard InChI is InChI=1S/C11H19N3O4/c12-9(15)6-8(10(16)17)14-11(18)13-7-4-2-1-3-5-7/h7-8H,1-6H2,(H2,12,15)(H,16,17)(H2,13,14,18). The highest BCUT2D eigenvalue weighted by Gasteiger charge is 2.23. The zero-order valence-corrected chi connectivity index (χ0v) is 10.1. The molecule has 5 N–H and O–H groups in total. The molecule has 1 rings (SSSR count). The van der Waals surface area contributed by atoms with Crippen molar-refractivity contribution in [2.24, 2.45) is 5.73 Å². The summed E-state index contributed by atoms with van der Waals surface area (Å²) in [5.74, 6) is -2.03. The van der Waals surface area contributed by atoms with Gasteiger partial charge in [-0.1, -0.05) is 19.3 Å². The molecule has 1 unspecified atom stereocenters. The molecule has 1 atom stereocenters. The van der Waals surface area contributed by atoms with E-state index in [0.29, 0.717) is 0 Å². The number of nitrogens with one attached hydrogen (secondary N) is 2. The van der Waals surface area contributed by atoms with Crippen LogP contribution in [0.3, 0.4) is 0 Å². The second-order valence-electron chi connectivity index (χ2n) is 4.51. The normalized spacial score (nSPS) is 17.8. The zero-order chi connectivity index (χ0) is 13.5. The topological polar surface area (TPSA) is 122 Å². The molecule has 0 bridgehead atoms. The number of primary amides is 1. The molecule has 0 aromatic rings. The molecule has 102 valence electrons.